The Hall–Kier alpha value is -1.60. The molecule has 0 aromatic carbocycles. The topological polar surface area (TPSA) is 68.0 Å². The zero-order chi connectivity index (χ0) is 9.90. The van der Waals surface area contributed by atoms with Crippen LogP contribution in [-0.4, -0.2) is 28.9 Å². The summed E-state index contributed by atoms with van der Waals surface area (Å²) in [5, 5.41) is 7.71. The number of amides is 1. The maximum atomic E-state index is 11.6. The van der Waals surface area contributed by atoms with E-state index in [1.807, 2.05) is 0 Å². The molecule has 0 radical (unpaired) electrons. The van der Waals surface area contributed by atoms with Gasteiger partial charge in [0.2, 0.25) is 0 Å². The van der Waals surface area contributed by atoms with Crippen molar-refractivity contribution < 1.29 is 22.6 Å². The summed E-state index contributed by atoms with van der Waals surface area (Å²) in [4.78, 5) is 10.8. The molecule has 8 heteroatoms. The number of carbonyl (C=O) groups is 1. The van der Waals surface area contributed by atoms with Gasteiger partial charge in [-0.1, -0.05) is 5.16 Å². The molecule has 5 nitrogen and oxygen atoms in total. The molecule has 1 N–H and O–H groups in total. The molecule has 0 aliphatic heterocycles. The van der Waals surface area contributed by atoms with Crippen molar-refractivity contribution >= 4 is 5.91 Å². The Kier molecular flexibility index (Phi) is 2.49. The number of rotatable bonds is 2. The molecule has 72 valence electrons. The minimum atomic E-state index is -4.44. The summed E-state index contributed by atoms with van der Waals surface area (Å²) in [5.41, 5.74) is -0.288. The van der Waals surface area contributed by atoms with Crippen LogP contribution in [0.4, 0.5) is 13.2 Å². The Morgan fingerprint density at radius 3 is 2.77 bits per heavy atom. The molecule has 0 unspecified atom stereocenters. The summed E-state index contributed by atoms with van der Waals surface area (Å²) in [6.45, 7) is -1.40. The van der Waals surface area contributed by atoms with E-state index in [0.29, 0.717) is 0 Å². The lowest BCUT2D eigenvalue weighted by Gasteiger charge is -2.05. The van der Waals surface area contributed by atoms with E-state index >= 15 is 0 Å². The lowest BCUT2D eigenvalue weighted by atomic mass is 10.4. The molecule has 0 aliphatic rings. The molecule has 1 aromatic heterocycles. The molecule has 0 atom stereocenters. The van der Waals surface area contributed by atoms with Gasteiger partial charge in [-0.25, -0.2) is 4.63 Å². The first-order chi connectivity index (χ1) is 5.99. The van der Waals surface area contributed by atoms with Crippen LogP contribution in [0.3, 0.4) is 0 Å². The maximum Gasteiger partial charge on any atom is 0.405 e. The van der Waals surface area contributed by atoms with Gasteiger partial charge in [0.15, 0.2) is 5.69 Å². The quantitative estimate of drug-likeness (QED) is 0.739. The van der Waals surface area contributed by atoms with Gasteiger partial charge in [-0.2, -0.15) is 13.2 Å². The number of aromatic nitrogens is 2. The fourth-order valence-electron chi connectivity index (χ4n) is 0.536. The minimum absolute atomic E-state index is 0.288. The van der Waals surface area contributed by atoms with Crippen molar-refractivity contribution in [2.75, 3.05) is 6.54 Å². The standard InChI is InChI=1S/C5H4F3N3O2/c6-5(7,8)2-9-4(12)3-1-10-13-11-3/h1H,2H2,(H,9,12). The molecular formula is C5H4F3N3O2. The van der Waals surface area contributed by atoms with E-state index in [1.54, 1.807) is 5.32 Å². The highest BCUT2D eigenvalue weighted by Crippen LogP contribution is 2.12. The second kappa shape index (κ2) is 3.42. The van der Waals surface area contributed by atoms with E-state index in [1.165, 1.54) is 0 Å². The zero-order valence-electron chi connectivity index (χ0n) is 6.13. The maximum absolute atomic E-state index is 11.6. The summed E-state index contributed by atoms with van der Waals surface area (Å²) >= 11 is 0. The first-order valence-electron chi connectivity index (χ1n) is 3.11. The normalized spacial score (nSPS) is 11.3. The largest absolute Gasteiger partial charge is 0.405 e. The van der Waals surface area contributed by atoms with Crippen molar-refractivity contribution in [3.8, 4) is 0 Å². The number of hydrogen-bond donors (Lipinski definition) is 1. The molecule has 1 amide bonds. The van der Waals surface area contributed by atoms with Crippen molar-refractivity contribution in [2.24, 2.45) is 0 Å². The van der Waals surface area contributed by atoms with Gasteiger partial charge >= 0.3 is 6.18 Å². The van der Waals surface area contributed by atoms with Crippen LogP contribution in [0.25, 0.3) is 0 Å². The summed E-state index contributed by atoms with van der Waals surface area (Å²) < 4.78 is 38.8. The van der Waals surface area contributed by atoms with Gasteiger partial charge in [0, 0.05) is 0 Å². The van der Waals surface area contributed by atoms with E-state index in [-0.39, 0.29) is 5.69 Å². The summed E-state index contributed by atoms with van der Waals surface area (Å²) in [7, 11) is 0. The van der Waals surface area contributed by atoms with Crippen LogP contribution < -0.4 is 5.32 Å². The molecule has 0 spiro atoms. The first-order valence-corrected chi connectivity index (χ1v) is 3.11. The van der Waals surface area contributed by atoms with E-state index in [9.17, 15) is 18.0 Å². The van der Waals surface area contributed by atoms with Gasteiger partial charge in [0.1, 0.15) is 12.7 Å². The highest BCUT2D eigenvalue weighted by Gasteiger charge is 2.28. The zero-order valence-corrected chi connectivity index (χ0v) is 6.13. The van der Waals surface area contributed by atoms with Crippen LogP contribution in [0.1, 0.15) is 10.5 Å². The Balaban J connectivity index is 2.44. The fourth-order valence-corrected chi connectivity index (χ4v) is 0.536. The van der Waals surface area contributed by atoms with Gasteiger partial charge in [-0.15, -0.1) is 0 Å². The third-order valence-electron chi connectivity index (χ3n) is 1.04. The Labute approximate surface area is 69.9 Å². The minimum Gasteiger partial charge on any atom is -0.341 e. The molecule has 0 saturated carbocycles. The van der Waals surface area contributed by atoms with Crippen molar-refractivity contribution in [2.45, 2.75) is 6.18 Å². The molecule has 1 heterocycles. The molecule has 0 aliphatic carbocycles. The predicted molar refractivity (Wildman–Crippen MR) is 32.7 cm³/mol. The number of halogens is 3. The molecule has 13 heavy (non-hydrogen) atoms. The number of nitrogens with zero attached hydrogens (tertiary/aromatic N) is 2. The summed E-state index contributed by atoms with van der Waals surface area (Å²) in [5.74, 6) is -0.974. The third-order valence-corrected chi connectivity index (χ3v) is 1.04. The van der Waals surface area contributed by atoms with E-state index in [4.69, 9.17) is 0 Å². The second-order valence-electron chi connectivity index (χ2n) is 2.09. The lowest BCUT2D eigenvalue weighted by Crippen LogP contribution is -2.33. The SMILES string of the molecule is O=C(NCC(F)(F)F)c1cnon1. The average molecular weight is 195 g/mol. The Morgan fingerprint density at radius 2 is 2.31 bits per heavy atom. The van der Waals surface area contributed by atoms with Gasteiger partial charge in [0.25, 0.3) is 5.91 Å². The van der Waals surface area contributed by atoms with Crippen LogP contribution in [0.2, 0.25) is 0 Å². The smallest absolute Gasteiger partial charge is 0.341 e. The van der Waals surface area contributed by atoms with Crippen molar-refractivity contribution in [3.63, 3.8) is 0 Å². The van der Waals surface area contributed by atoms with Gasteiger partial charge < -0.3 is 5.32 Å². The van der Waals surface area contributed by atoms with Gasteiger partial charge in [-0.05, 0) is 5.16 Å². The predicted octanol–water partition coefficient (Wildman–Crippen LogP) is 0.362. The monoisotopic (exact) mass is 195 g/mol. The van der Waals surface area contributed by atoms with Crippen LogP contribution in [0.15, 0.2) is 10.8 Å². The van der Waals surface area contributed by atoms with Crippen LogP contribution in [0, 0.1) is 0 Å². The van der Waals surface area contributed by atoms with E-state index < -0.39 is 18.6 Å². The van der Waals surface area contributed by atoms with E-state index in [0.717, 1.165) is 6.20 Å². The highest BCUT2D eigenvalue weighted by atomic mass is 19.4. The third kappa shape index (κ3) is 3.09. The number of alkyl halides is 3. The number of nitrogens with one attached hydrogen (secondary N) is 1. The lowest BCUT2D eigenvalue weighted by molar-refractivity contribution is -0.123. The Morgan fingerprint density at radius 1 is 1.62 bits per heavy atom. The van der Waals surface area contributed by atoms with E-state index in [2.05, 4.69) is 14.9 Å². The Bertz CT molecular complexity index is 282. The van der Waals surface area contributed by atoms with Gasteiger partial charge in [0.05, 0.1) is 0 Å². The first kappa shape index (κ1) is 9.49. The van der Waals surface area contributed by atoms with Crippen molar-refractivity contribution in [1.82, 2.24) is 15.6 Å². The molecule has 1 aromatic rings. The molecule has 0 bridgehead atoms. The fraction of sp³-hybridized carbons (Fsp3) is 0.400. The number of hydrogen-bond acceptors (Lipinski definition) is 4. The summed E-state index contributed by atoms with van der Waals surface area (Å²) in [6.07, 6.45) is -3.52. The van der Waals surface area contributed by atoms with Crippen LogP contribution in [-0.2, 0) is 0 Å². The van der Waals surface area contributed by atoms with Crippen molar-refractivity contribution in [3.05, 3.63) is 11.9 Å². The molecule has 0 saturated heterocycles. The molecule has 0 fully saturated rings. The molecule has 1 rings (SSSR count). The van der Waals surface area contributed by atoms with Gasteiger partial charge in [-0.3, -0.25) is 4.79 Å². The van der Waals surface area contributed by atoms with Crippen molar-refractivity contribution in [1.29, 1.82) is 0 Å². The van der Waals surface area contributed by atoms with Crippen LogP contribution >= 0.6 is 0 Å². The highest BCUT2D eigenvalue weighted by molar-refractivity contribution is 5.91. The molecular weight excluding hydrogens is 191 g/mol. The second-order valence-corrected chi connectivity index (χ2v) is 2.09. The number of carbonyl (C=O) groups excluding carboxylic acids is 1. The summed E-state index contributed by atoms with van der Waals surface area (Å²) in [6, 6.07) is 0. The van der Waals surface area contributed by atoms with Crippen LogP contribution in [0.5, 0.6) is 0 Å². The average Bonchev–Trinajstić information content (AvgIpc) is 2.50.